The SMILES string of the molecule is CCN(C)C(=O)Oc1cccc2[nH]cc(CCc3nn[nH]n3)c12. The lowest BCUT2D eigenvalue weighted by Gasteiger charge is -2.15. The van der Waals surface area contributed by atoms with Gasteiger partial charge in [-0.1, -0.05) is 11.3 Å². The molecule has 2 aromatic heterocycles. The van der Waals surface area contributed by atoms with Crippen molar-refractivity contribution >= 4 is 17.0 Å². The third kappa shape index (κ3) is 3.15. The summed E-state index contributed by atoms with van der Waals surface area (Å²) in [5.41, 5.74) is 1.98. The number of carbonyl (C=O) groups excluding carboxylic acids is 1. The monoisotopic (exact) mass is 314 g/mol. The largest absolute Gasteiger partial charge is 0.414 e. The highest BCUT2D eigenvalue weighted by Gasteiger charge is 2.15. The van der Waals surface area contributed by atoms with E-state index in [1.165, 1.54) is 4.90 Å². The van der Waals surface area contributed by atoms with Crippen molar-refractivity contribution < 1.29 is 9.53 Å². The average molecular weight is 314 g/mol. The van der Waals surface area contributed by atoms with Gasteiger partial charge in [0, 0.05) is 37.1 Å². The molecule has 2 N–H and O–H groups in total. The fourth-order valence-corrected chi connectivity index (χ4v) is 2.34. The minimum absolute atomic E-state index is 0.370. The van der Waals surface area contributed by atoms with Gasteiger partial charge in [-0.05, 0) is 31.0 Å². The van der Waals surface area contributed by atoms with Crippen molar-refractivity contribution in [2.75, 3.05) is 13.6 Å². The molecule has 0 atom stereocenters. The van der Waals surface area contributed by atoms with Crippen LogP contribution < -0.4 is 4.74 Å². The highest BCUT2D eigenvalue weighted by molar-refractivity contribution is 5.91. The Morgan fingerprint density at radius 1 is 1.35 bits per heavy atom. The average Bonchev–Trinajstić information content (AvgIpc) is 3.22. The van der Waals surface area contributed by atoms with Crippen molar-refractivity contribution in [2.45, 2.75) is 19.8 Å². The van der Waals surface area contributed by atoms with Gasteiger partial charge < -0.3 is 14.6 Å². The third-order valence-corrected chi connectivity index (χ3v) is 3.74. The lowest BCUT2D eigenvalue weighted by Crippen LogP contribution is -2.29. The number of tetrazole rings is 1. The second-order valence-electron chi connectivity index (χ2n) is 5.20. The van der Waals surface area contributed by atoms with Gasteiger partial charge in [0.1, 0.15) is 5.75 Å². The van der Waals surface area contributed by atoms with E-state index >= 15 is 0 Å². The van der Waals surface area contributed by atoms with Crippen molar-refractivity contribution in [3.8, 4) is 5.75 Å². The van der Waals surface area contributed by atoms with E-state index in [1.807, 2.05) is 25.3 Å². The molecule has 0 bridgehead atoms. The fraction of sp³-hybridized carbons (Fsp3) is 0.333. The Labute approximate surface area is 132 Å². The Morgan fingerprint density at radius 2 is 2.22 bits per heavy atom. The molecule has 1 amide bonds. The van der Waals surface area contributed by atoms with Crippen molar-refractivity contribution in [2.24, 2.45) is 0 Å². The molecule has 1 aromatic carbocycles. The molecule has 0 radical (unpaired) electrons. The Kier molecular flexibility index (Phi) is 4.22. The first-order valence-electron chi connectivity index (χ1n) is 7.43. The van der Waals surface area contributed by atoms with E-state index in [-0.39, 0.29) is 6.09 Å². The van der Waals surface area contributed by atoms with Crippen LogP contribution in [0.5, 0.6) is 5.75 Å². The number of hydrogen-bond acceptors (Lipinski definition) is 5. The Morgan fingerprint density at radius 3 is 2.96 bits per heavy atom. The summed E-state index contributed by atoms with van der Waals surface area (Å²) in [6.45, 7) is 2.49. The van der Waals surface area contributed by atoms with E-state index in [4.69, 9.17) is 4.74 Å². The van der Waals surface area contributed by atoms with Crippen molar-refractivity contribution in [1.82, 2.24) is 30.5 Å². The number of aromatic nitrogens is 5. The van der Waals surface area contributed by atoms with Gasteiger partial charge in [0.25, 0.3) is 0 Å². The number of aromatic amines is 2. The van der Waals surface area contributed by atoms with Gasteiger partial charge in [0.15, 0.2) is 5.82 Å². The minimum atomic E-state index is -0.370. The van der Waals surface area contributed by atoms with Crippen LogP contribution in [0.25, 0.3) is 10.9 Å². The molecule has 2 heterocycles. The maximum absolute atomic E-state index is 12.0. The number of aryl methyl sites for hydroxylation is 2. The number of hydrogen-bond donors (Lipinski definition) is 2. The molecule has 0 aliphatic heterocycles. The summed E-state index contributed by atoms with van der Waals surface area (Å²) in [7, 11) is 1.71. The summed E-state index contributed by atoms with van der Waals surface area (Å²) in [6, 6.07) is 5.61. The van der Waals surface area contributed by atoms with Gasteiger partial charge in [-0.15, -0.1) is 10.2 Å². The van der Waals surface area contributed by atoms with Crippen molar-refractivity contribution in [1.29, 1.82) is 0 Å². The molecule has 0 saturated heterocycles. The molecule has 3 rings (SSSR count). The third-order valence-electron chi connectivity index (χ3n) is 3.74. The maximum atomic E-state index is 12.0. The number of ether oxygens (including phenoxy) is 1. The van der Waals surface area contributed by atoms with Gasteiger partial charge in [0.05, 0.1) is 0 Å². The molecule has 120 valence electrons. The van der Waals surface area contributed by atoms with Gasteiger partial charge in [-0.25, -0.2) is 4.79 Å². The maximum Gasteiger partial charge on any atom is 0.414 e. The minimum Gasteiger partial charge on any atom is -0.409 e. The van der Waals surface area contributed by atoms with E-state index in [2.05, 4.69) is 25.6 Å². The Bertz CT molecular complexity index is 796. The smallest absolute Gasteiger partial charge is 0.409 e. The number of nitrogens with zero attached hydrogens (tertiary/aromatic N) is 4. The standard InChI is InChI=1S/C15H18N6O2/c1-3-21(2)15(22)23-12-6-4-5-11-14(12)10(9-16-11)7-8-13-17-19-20-18-13/h4-6,9,16H,3,7-8H2,1-2H3,(H,17,18,19,20). The van der Waals surface area contributed by atoms with E-state index < -0.39 is 0 Å². The molecule has 23 heavy (non-hydrogen) atoms. The summed E-state index contributed by atoms with van der Waals surface area (Å²) in [5.74, 6) is 1.21. The zero-order chi connectivity index (χ0) is 16.2. The molecule has 0 aliphatic rings. The lowest BCUT2D eigenvalue weighted by atomic mass is 10.1. The molecule has 8 heteroatoms. The number of amides is 1. The molecular formula is C15H18N6O2. The Balaban J connectivity index is 1.86. The van der Waals surface area contributed by atoms with Crippen LogP contribution in [-0.4, -0.2) is 50.2 Å². The normalized spacial score (nSPS) is 10.9. The second kappa shape index (κ2) is 6.47. The molecular weight excluding hydrogens is 296 g/mol. The predicted molar refractivity (Wildman–Crippen MR) is 84.2 cm³/mol. The quantitative estimate of drug-likeness (QED) is 0.749. The van der Waals surface area contributed by atoms with Gasteiger partial charge in [-0.2, -0.15) is 5.21 Å². The Hall–Kier alpha value is -2.90. The van der Waals surface area contributed by atoms with E-state index in [1.54, 1.807) is 13.1 Å². The van der Waals surface area contributed by atoms with E-state index in [0.29, 0.717) is 24.5 Å². The fourth-order valence-electron chi connectivity index (χ4n) is 2.34. The molecule has 0 spiro atoms. The van der Waals surface area contributed by atoms with Crippen LogP contribution >= 0.6 is 0 Å². The summed E-state index contributed by atoms with van der Waals surface area (Å²) >= 11 is 0. The molecule has 0 saturated carbocycles. The van der Waals surface area contributed by atoms with Crippen LogP contribution in [-0.2, 0) is 12.8 Å². The lowest BCUT2D eigenvalue weighted by molar-refractivity contribution is 0.166. The number of fused-ring (bicyclic) bond motifs is 1. The molecule has 8 nitrogen and oxygen atoms in total. The van der Waals surface area contributed by atoms with Crippen LogP contribution in [0, 0.1) is 0 Å². The summed E-state index contributed by atoms with van der Waals surface area (Å²) < 4.78 is 5.53. The first-order chi connectivity index (χ1) is 11.2. The number of H-pyrrole nitrogens is 2. The zero-order valence-electron chi connectivity index (χ0n) is 13.0. The first-order valence-corrected chi connectivity index (χ1v) is 7.43. The van der Waals surface area contributed by atoms with Crippen LogP contribution in [0.1, 0.15) is 18.3 Å². The second-order valence-corrected chi connectivity index (χ2v) is 5.20. The molecule has 0 aliphatic carbocycles. The molecule has 0 fully saturated rings. The van der Waals surface area contributed by atoms with Gasteiger partial charge in [-0.3, -0.25) is 0 Å². The summed E-state index contributed by atoms with van der Waals surface area (Å²) in [6.07, 6.45) is 2.93. The number of nitrogens with one attached hydrogen (secondary N) is 2. The highest BCUT2D eigenvalue weighted by Crippen LogP contribution is 2.29. The van der Waals surface area contributed by atoms with E-state index in [0.717, 1.165) is 22.9 Å². The van der Waals surface area contributed by atoms with Crippen molar-refractivity contribution in [3.05, 3.63) is 35.8 Å². The van der Waals surface area contributed by atoms with Gasteiger partial charge >= 0.3 is 6.09 Å². The number of carbonyl (C=O) groups is 1. The topological polar surface area (TPSA) is 99.8 Å². The summed E-state index contributed by atoms with van der Waals surface area (Å²) in [5, 5.41) is 14.8. The van der Waals surface area contributed by atoms with Crippen LogP contribution in [0.3, 0.4) is 0 Å². The van der Waals surface area contributed by atoms with Crippen molar-refractivity contribution in [3.63, 3.8) is 0 Å². The zero-order valence-corrected chi connectivity index (χ0v) is 13.0. The van der Waals surface area contributed by atoms with Crippen LogP contribution in [0.4, 0.5) is 4.79 Å². The summed E-state index contributed by atoms with van der Waals surface area (Å²) in [4.78, 5) is 16.8. The number of rotatable bonds is 5. The number of benzene rings is 1. The highest BCUT2D eigenvalue weighted by atomic mass is 16.6. The van der Waals surface area contributed by atoms with Crippen LogP contribution in [0.2, 0.25) is 0 Å². The molecule has 0 unspecified atom stereocenters. The van der Waals surface area contributed by atoms with Crippen LogP contribution in [0.15, 0.2) is 24.4 Å². The van der Waals surface area contributed by atoms with Gasteiger partial charge in [0.2, 0.25) is 0 Å². The molecule has 3 aromatic rings. The van der Waals surface area contributed by atoms with E-state index in [9.17, 15) is 4.79 Å². The predicted octanol–water partition coefficient (Wildman–Crippen LogP) is 1.92. The first kappa shape index (κ1) is 15.0.